The van der Waals surface area contributed by atoms with E-state index in [0.717, 1.165) is 18.7 Å². The quantitative estimate of drug-likeness (QED) is 0.888. The summed E-state index contributed by atoms with van der Waals surface area (Å²) in [4.78, 5) is 14.8. The summed E-state index contributed by atoms with van der Waals surface area (Å²) in [6.07, 6.45) is 4.43. The van der Waals surface area contributed by atoms with Gasteiger partial charge in [0.15, 0.2) is 0 Å². The summed E-state index contributed by atoms with van der Waals surface area (Å²) in [5.74, 6) is -0.935. The van der Waals surface area contributed by atoms with E-state index in [0.29, 0.717) is 4.47 Å². The van der Waals surface area contributed by atoms with Crippen LogP contribution in [0.5, 0.6) is 0 Å². The Kier molecular flexibility index (Phi) is 4.52. The molecule has 1 heterocycles. The maximum atomic E-state index is 10.9. The molecule has 0 aliphatic carbocycles. The van der Waals surface area contributed by atoms with Crippen LogP contribution in [0.1, 0.15) is 15.9 Å². The minimum Gasteiger partial charge on any atom is -0.478 e. The Labute approximate surface area is 119 Å². The highest BCUT2D eigenvalue weighted by Gasteiger charge is 2.07. The maximum Gasteiger partial charge on any atom is 0.336 e. The van der Waals surface area contributed by atoms with Gasteiger partial charge in [-0.1, -0.05) is 0 Å². The van der Waals surface area contributed by atoms with Crippen LogP contribution in [0.15, 0.2) is 47.2 Å². The number of benzene rings is 1. The van der Waals surface area contributed by atoms with Crippen molar-refractivity contribution >= 4 is 27.6 Å². The van der Waals surface area contributed by atoms with E-state index in [2.05, 4.69) is 26.2 Å². The van der Waals surface area contributed by atoms with Crippen LogP contribution in [0.25, 0.3) is 0 Å². The fourth-order valence-electron chi connectivity index (χ4n) is 1.70. The number of pyridine rings is 1. The molecular formula is C14H13BrN2O2. The van der Waals surface area contributed by atoms with E-state index in [-0.39, 0.29) is 5.56 Å². The van der Waals surface area contributed by atoms with Gasteiger partial charge in [-0.3, -0.25) is 4.98 Å². The molecule has 0 bridgehead atoms. The van der Waals surface area contributed by atoms with Crippen molar-refractivity contribution in [2.75, 3.05) is 11.9 Å². The van der Waals surface area contributed by atoms with Crippen LogP contribution in [0, 0.1) is 0 Å². The molecule has 1 aromatic heterocycles. The topological polar surface area (TPSA) is 62.2 Å². The number of nitrogens with one attached hydrogen (secondary N) is 1. The lowest BCUT2D eigenvalue weighted by Gasteiger charge is -2.08. The molecular weight excluding hydrogens is 308 g/mol. The number of aromatic nitrogens is 1. The molecule has 4 nitrogen and oxygen atoms in total. The minimum absolute atomic E-state index is 0.264. The monoisotopic (exact) mass is 320 g/mol. The number of hydrogen-bond donors (Lipinski definition) is 2. The van der Waals surface area contributed by atoms with Gasteiger partial charge in [0.2, 0.25) is 0 Å². The van der Waals surface area contributed by atoms with Crippen molar-refractivity contribution in [1.82, 2.24) is 4.98 Å². The van der Waals surface area contributed by atoms with Crippen molar-refractivity contribution in [2.45, 2.75) is 6.42 Å². The first-order chi connectivity index (χ1) is 9.16. The first-order valence-corrected chi connectivity index (χ1v) is 6.62. The molecule has 0 spiro atoms. The molecule has 2 aromatic rings. The molecule has 0 aliphatic heterocycles. The molecule has 98 valence electrons. The zero-order chi connectivity index (χ0) is 13.7. The van der Waals surface area contributed by atoms with Gasteiger partial charge in [0.05, 0.1) is 5.56 Å². The van der Waals surface area contributed by atoms with Crippen LogP contribution in [-0.2, 0) is 6.42 Å². The number of nitrogens with zero attached hydrogens (tertiary/aromatic N) is 1. The van der Waals surface area contributed by atoms with E-state index < -0.39 is 5.97 Å². The summed E-state index contributed by atoms with van der Waals surface area (Å²) in [6.45, 7) is 0.781. The number of anilines is 1. The standard InChI is InChI=1S/C14H13BrN2O2/c15-13-9-11(1-2-12(13)14(18)19)17-8-5-10-3-6-16-7-4-10/h1-4,6-7,9,17H,5,8H2,(H,18,19). The van der Waals surface area contributed by atoms with Gasteiger partial charge < -0.3 is 10.4 Å². The van der Waals surface area contributed by atoms with Gasteiger partial charge in [0.1, 0.15) is 0 Å². The fraction of sp³-hybridized carbons (Fsp3) is 0.143. The SMILES string of the molecule is O=C(O)c1ccc(NCCc2ccncc2)cc1Br. The van der Waals surface area contributed by atoms with E-state index in [1.807, 2.05) is 12.1 Å². The third-order valence-electron chi connectivity index (χ3n) is 2.69. The lowest BCUT2D eigenvalue weighted by atomic mass is 10.2. The highest BCUT2D eigenvalue weighted by atomic mass is 79.9. The first-order valence-electron chi connectivity index (χ1n) is 5.82. The van der Waals surface area contributed by atoms with Crippen molar-refractivity contribution in [3.8, 4) is 0 Å². The lowest BCUT2D eigenvalue weighted by Crippen LogP contribution is -2.06. The molecule has 2 N–H and O–H groups in total. The van der Waals surface area contributed by atoms with Crippen LogP contribution in [0.3, 0.4) is 0 Å². The van der Waals surface area contributed by atoms with Crippen LogP contribution in [0.4, 0.5) is 5.69 Å². The number of aromatic carboxylic acids is 1. The van der Waals surface area contributed by atoms with Gasteiger partial charge in [-0.25, -0.2) is 4.79 Å². The highest BCUT2D eigenvalue weighted by molar-refractivity contribution is 9.10. The zero-order valence-corrected chi connectivity index (χ0v) is 11.7. The van der Waals surface area contributed by atoms with Crippen LogP contribution in [0.2, 0.25) is 0 Å². The summed E-state index contributed by atoms with van der Waals surface area (Å²) >= 11 is 3.26. The summed E-state index contributed by atoms with van der Waals surface area (Å²) < 4.78 is 0.578. The van der Waals surface area contributed by atoms with Crippen molar-refractivity contribution < 1.29 is 9.90 Å². The van der Waals surface area contributed by atoms with E-state index in [1.165, 1.54) is 5.56 Å². The van der Waals surface area contributed by atoms with Crippen LogP contribution in [-0.4, -0.2) is 22.6 Å². The number of rotatable bonds is 5. The van der Waals surface area contributed by atoms with Crippen molar-refractivity contribution in [2.24, 2.45) is 0 Å². The summed E-state index contributed by atoms with van der Waals surface area (Å²) in [5, 5.41) is 12.2. The second kappa shape index (κ2) is 6.33. The van der Waals surface area contributed by atoms with Crippen LogP contribution >= 0.6 is 15.9 Å². The van der Waals surface area contributed by atoms with Crippen LogP contribution < -0.4 is 5.32 Å². The third-order valence-corrected chi connectivity index (χ3v) is 3.35. The largest absolute Gasteiger partial charge is 0.478 e. The first kappa shape index (κ1) is 13.5. The Morgan fingerprint density at radius 1 is 1.26 bits per heavy atom. The summed E-state index contributed by atoms with van der Waals surface area (Å²) in [6, 6.07) is 9.08. The normalized spacial score (nSPS) is 10.2. The minimum atomic E-state index is -0.935. The molecule has 0 amide bonds. The number of carboxylic acid groups (broad SMARTS) is 1. The highest BCUT2D eigenvalue weighted by Crippen LogP contribution is 2.21. The average molecular weight is 321 g/mol. The Hall–Kier alpha value is -1.88. The lowest BCUT2D eigenvalue weighted by molar-refractivity contribution is 0.0696. The van der Waals surface area contributed by atoms with E-state index >= 15 is 0 Å². The van der Waals surface area contributed by atoms with Gasteiger partial charge in [0.25, 0.3) is 0 Å². The summed E-state index contributed by atoms with van der Waals surface area (Å²) in [5.41, 5.74) is 2.37. The number of carboxylic acids is 1. The van der Waals surface area contributed by atoms with Crippen molar-refractivity contribution in [3.63, 3.8) is 0 Å². The van der Waals surface area contributed by atoms with Gasteiger partial charge in [-0.15, -0.1) is 0 Å². The molecule has 0 atom stereocenters. The fourth-order valence-corrected chi connectivity index (χ4v) is 2.25. The second-order valence-corrected chi connectivity index (χ2v) is 4.89. The number of carbonyl (C=O) groups is 1. The van der Waals surface area contributed by atoms with Gasteiger partial charge >= 0.3 is 5.97 Å². The second-order valence-electron chi connectivity index (χ2n) is 4.03. The number of halogens is 1. The maximum absolute atomic E-state index is 10.9. The predicted molar refractivity (Wildman–Crippen MR) is 77.5 cm³/mol. The van der Waals surface area contributed by atoms with E-state index in [4.69, 9.17) is 5.11 Å². The number of hydrogen-bond acceptors (Lipinski definition) is 3. The Balaban J connectivity index is 1.93. The summed E-state index contributed by atoms with van der Waals surface area (Å²) in [7, 11) is 0. The Morgan fingerprint density at radius 2 is 2.00 bits per heavy atom. The average Bonchev–Trinajstić information content (AvgIpc) is 2.39. The molecule has 0 aliphatic rings. The molecule has 1 aromatic carbocycles. The zero-order valence-electron chi connectivity index (χ0n) is 10.1. The van der Waals surface area contributed by atoms with Gasteiger partial charge in [-0.05, 0) is 58.2 Å². The molecule has 0 saturated carbocycles. The Morgan fingerprint density at radius 3 is 2.63 bits per heavy atom. The molecule has 5 heteroatoms. The van der Waals surface area contributed by atoms with Gasteiger partial charge in [-0.2, -0.15) is 0 Å². The van der Waals surface area contributed by atoms with Gasteiger partial charge in [0, 0.05) is 29.1 Å². The van der Waals surface area contributed by atoms with E-state index in [1.54, 1.807) is 30.6 Å². The molecule has 19 heavy (non-hydrogen) atoms. The molecule has 0 saturated heterocycles. The third kappa shape index (κ3) is 3.79. The van der Waals surface area contributed by atoms with E-state index in [9.17, 15) is 4.79 Å². The van der Waals surface area contributed by atoms with Crippen molar-refractivity contribution in [3.05, 3.63) is 58.3 Å². The molecule has 2 rings (SSSR count). The molecule has 0 radical (unpaired) electrons. The molecule has 0 fully saturated rings. The Bertz CT molecular complexity index is 573. The smallest absolute Gasteiger partial charge is 0.336 e. The molecule has 0 unspecified atom stereocenters. The predicted octanol–water partition coefficient (Wildman–Crippen LogP) is 3.20. The van der Waals surface area contributed by atoms with Crippen molar-refractivity contribution in [1.29, 1.82) is 0 Å².